The Morgan fingerprint density at radius 1 is 0.942 bits per heavy atom. The Labute approximate surface area is 307 Å². The number of nitrogens with two attached hydrogens (primary N) is 1. The second-order valence-corrected chi connectivity index (χ2v) is 13.2. The zero-order valence-corrected chi connectivity index (χ0v) is 29.8. The van der Waals surface area contributed by atoms with E-state index in [4.69, 9.17) is 10.5 Å². The summed E-state index contributed by atoms with van der Waals surface area (Å²) in [7, 11) is 1.37. The number of nitrogens with one attached hydrogen (secondary N) is 5. The summed E-state index contributed by atoms with van der Waals surface area (Å²) < 4.78 is 21.1. The molecule has 1 aliphatic carbocycles. The van der Waals surface area contributed by atoms with Gasteiger partial charge < -0.3 is 31.7 Å². The summed E-state index contributed by atoms with van der Waals surface area (Å²) in [6.07, 6.45) is 5.01. The summed E-state index contributed by atoms with van der Waals surface area (Å²) in [4.78, 5) is 40.1. The minimum Gasteiger partial charge on any atom is -0.493 e. The van der Waals surface area contributed by atoms with Crippen LogP contribution in [-0.4, -0.2) is 77.2 Å². The van der Waals surface area contributed by atoms with Crippen molar-refractivity contribution in [3.8, 4) is 28.3 Å². The highest BCUT2D eigenvalue weighted by Gasteiger charge is 2.30. The molecule has 0 spiro atoms. The van der Waals surface area contributed by atoms with Crippen molar-refractivity contribution in [1.82, 2.24) is 36.6 Å². The summed E-state index contributed by atoms with van der Waals surface area (Å²) in [5, 5.41) is 26.1. The molecule has 1 saturated carbocycles. The van der Waals surface area contributed by atoms with Gasteiger partial charge in [-0.05, 0) is 117 Å². The number of amides is 3. The van der Waals surface area contributed by atoms with Gasteiger partial charge in [0.1, 0.15) is 6.04 Å². The van der Waals surface area contributed by atoms with Crippen molar-refractivity contribution >= 4 is 35.8 Å². The molecule has 1 aromatic heterocycles. The van der Waals surface area contributed by atoms with E-state index in [0.717, 1.165) is 62.7 Å². The lowest BCUT2D eigenvalue weighted by molar-refractivity contribution is -0.130. The molecule has 3 aromatic carbocycles. The van der Waals surface area contributed by atoms with E-state index in [9.17, 15) is 14.4 Å². The molecule has 13 nitrogen and oxygen atoms in total. The lowest BCUT2D eigenvalue weighted by atomic mass is 9.81. The monoisotopic (exact) mass is 733 g/mol. The number of anilines is 1. The van der Waals surface area contributed by atoms with Gasteiger partial charge in [-0.2, -0.15) is 5.21 Å². The van der Waals surface area contributed by atoms with E-state index in [2.05, 4.69) is 41.9 Å². The van der Waals surface area contributed by atoms with Crippen LogP contribution in [0.1, 0.15) is 54.4 Å². The molecule has 1 saturated heterocycles. The molecule has 0 radical (unpaired) electrons. The molecule has 52 heavy (non-hydrogen) atoms. The summed E-state index contributed by atoms with van der Waals surface area (Å²) >= 11 is 0. The molecule has 276 valence electrons. The van der Waals surface area contributed by atoms with Crippen LogP contribution in [-0.2, 0) is 16.0 Å². The number of nitrogens with zero attached hydrogens (tertiary/aromatic N) is 3. The molecule has 3 amide bonds. The van der Waals surface area contributed by atoms with Crippen molar-refractivity contribution in [2.45, 2.75) is 57.0 Å². The molecular weight excluding hydrogens is 689 g/mol. The molecule has 7 N–H and O–H groups in total. The van der Waals surface area contributed by atoms with Gasteiger partial charge in [0.25, 0.3) is 5.91 Å². The first-order valence-corrected chi connectivity index (χ1v) is 17.5. The fraction of sp³-hybridized carbons (Fsp3) is 0.405. The van der Waals surface area contributed by atoms with Crippen LogP contribution < -0.4 is 31.7 Å². The van der Waals surface area contributed by atoms with E-state index >= 15 is 4.39 Å². The van der Waals surface area contributed by atoms with E-state index in [1.807, 2.05) is 24.3 Å². The first-order chi connectivity index (χ1) is 24.8. The Morgan fingerprint density at radius 2 is 1.63 bits per heavy atom. The number of benzene rings is 3. The van der Waals surface area contributed by atoms with Gasteiger partial charge in [0.15, 0.2) is 11.6 Å². The first-order valence-electron chi connectivity index (χ1n) is 17.5. The van der Waals surface area contributed by atoms with Gasteiger partial charge in [0.05, 0.1) is 12.7 Å². The fourth-order valence-corrected chi connectivity index (χ4v) is 6.82. The summed E-state index contributed by atoms with van der Waals surface area (Å²) in [6.45, 7) is 2.21. The highest BCUT2D eigenvalue weighted by molar-refractivity contribution is 5.98. The van der Waals surface area contributed by atoms with Crippen molar-refractivity contribution < 1.29 is 23.5 Å². The molecule has 1 aliphatic heterocycles. The Bertz CT molecular complexity index is 1800. The van der Waals surface area contributed by atoms with Gasteiger partial charge in [-0.1, -0.05) is 24.3 Å². The van der Waals surface area contributed by atoms with Crippen LogP contribution in [0.15, 0.2) is 60.7 Å². The third-order valence-electron chi connectivity index (χ3n) is 9.86. The van der Waals surface area contributed by atoms with Gasteiger partial charge in [-0.15, -0.1) is 22.6 Å². The van der Waals surface area contributed by atoms with Crippen LogP contribution in [0.3, 0.4) is 0 Å². The normalized spacial score (nSPS) is 18.1. The second-order valence-electron chi connectivity index (χ2n) is 13.2. The SMILES string of the molecule is COc1c(-c2ccc(C[C@H](NC(=O)[C@H]3CC[C@H](CN)CC3)C(=O)Nc3ccc(-c4nn[nH]n4)cc3)cc2)ccc(C(=O)NC2CCNCC2)c1F.Cl. The highest BCUT2D eigenvalue weighted by atomic mass is 35.5. The predicted molar refractivity (Wildman–Crippen MR) is 197 cm³/mol. The summed E-state index contributed by atoms with van der Waals surface area (Å²) in [5.41, 5.74) is 9.00. The number of aromatic amines is 1. The number of halogens is 2. The average molecular weight is 734 g/mol. The highest BCUT2D eigenvalue weighted by Crippen LogP contribution is 2.35. The molecule has 2 aliphatic rings. The fourth-order valence-electron chi connectivity index (χ4n) is 6.82. The van der Waals surface area contributed by atoms with Gasteiger partial charge >= 0.3 is 0 Å². The zero-order chi connectivity index (χ0) is 35.7. The number of ether oxygens (including phenoxy) is 1. The smallest absolute Gasteiger partial charge is 0.254 e. The van der Waals surface area contributed by atoms with E-state index in [1.165, 1.54) is 13.2 Å². The number of aromatic nitrogens is 4. The second kappa shape index (κ2) is 18.0. The average Bonchev–Trinajstić information content (AvgIpc) is 3.71. The molecule has 6 rings (SSSR count). The Kier molecular flexibility index (Phi) is 13.3. The van der Waals surface area contributed by atoms with Crippen molar-refractivity contribution in [2.75, 3.05) is 32.1 Å². The van der Waals surface area contributed by atoms with Crippen molar-refractivity contribution in [1.29, 1.82) is 0 Å². The molecule has 2 heterocycles. The number of hydrogen-bond acceptors (Lipinski definition) is 9. The number of carbonyl (C=O) groups is 3. The van der Waals surface area contributed by atoms with Crippen molar-refractivity contribution in [2.24, 2.45) is 17.6 Å². The van der Waals surface area contributed by atoms with Crippen LogP contribution in [0.2, 0.25) is 0 Å². The Balaban J connectivity index is 0.00000523. The van der Waals surface area contributed by atoms with Gasteiger partial charge in [-0.25, -0.2) is 4.39 Å². The first kappa shape index (κ1) is 38.3. The van der Waals surface area contributed by atoms with Gasteiger partial charge in [0, 0.05) is 35.2 Å². The minimum absolute atomic E-state index is 0. The number of rotatable bonds is 12. The van der Waals surface area contributed by atoms with E-state index < -0.39 is 17.8 Å². The third kappa shape index (κ3) is 9.29. The third-order valence-corrected chi connectivity index (χ3v) is 9.86. The van der Waals surface area contributed by atoms with Crippen molar-refractivity contribution in [3.63, 3.8) is 0 Å². The number of methoxy groups -OCH3 is 1. The summed E-state index contributed by atoms with van der Waals surface area (Å²) in [5.74, 6) is -1.08. The Hall–Kier alpha value is -4.92. The van der Waals surface area contributed by atoms with Crippen LogP contribution in [0.25, 0.3) is 22.5 Å². The van der Waals surface area contributed by atoms with Gasteiger partial charge in [0.2, 0.25) is 17.6 Å². The lowest BCUT2D eigenvalue weighted by Crippen LogP contribution is -2.48. The van der Waals surface area contributed by atoms with Crippen LogP contribution in [0.5, 0.6) is 5.75 Å². The van der Waals surface area contributed by atoms with Crippen LogP contribution >= 0.6 is 12.4 Å². The lowest BCUT2D eigenvalue weighted by Gasteiger charge is -2.28. The molecule has 1 atom stereocenters. The maximum atomic E-state index is 15.7. The standard InChI is InChI=1S/C37H44FN9O4.ClH/c1-51-33-29(14-15-30(32(33)38)36(49)41-28-16-18-40-19-17-28)24-6-2-22(3-7-24)20-31(43-35(48)26-8-4-23(21-39)5-9-26)37(50)42-27-12-10-25(11-13-27)34-44-46-47-45-34;/h2-3,6-7,10-15,23,26,28,31,40H,4-5,8-9,16-21,39H2,1H3,(H,41,49)(H,42,50)(H,43,48)(H,44,45,46,47);1H/t23-,26-,31-;/m0./s1. The topological polar surface area (TPSA) is 189 Å². The quantitative estimate of drug-likeness (QED) is 0.125. The minimum atomic E-state index is -0.864. The molecule has 15 heteroatoms. The van der Waals surface area contributed by atoms with Gasteiger partial charge in [-0.3, -0.25) is 14.4 Å². The maximum Gasteiger partial charge on any atom is 0.254 e. The molecule has 0 unspecified atom stereocenters. The summed E-state index contributed by atoms with van der Waals surface area (Å²) in [6, 6.07) is 16.6. The molecule has 2 fully saturated rings. The van der Waals surface area contributed by atoms with E-state index in [1.54, 1.807) is 30.3 Å². The number of hydrogen-bond donors (Lipinski definition) is 6. The molecule has 4 aromatic rings. The van der Waals surface area contributed by atoms with E-state index in [0.29, 0.717) is 35.1 Å². The number of H-pyrrole nitrogens is 1. The Morgan fingerprint density at radius 3 is 2.27 bits per heavy atom. The maximum absolute atomic E-state index is 15.7. The molecule has 0 bridgehead atoms. The molecular formula is C37H45ClFN9O4. The predicted octanol–water partition coefficient (Wildman–Crippen LogP) is 4.02. The van der Waals surface area contributed by atoms with Crippen LogP contribution in [0, 0.1) is 17.7 Å². The number of carbonyl (C=O) groups excluding carboxylic acids is 3. The number of tetrazole rings is 1. The van der Waals surface area contributed by atoms with E-state index in [-0.39, 0.29) is 53.9 Å². The number of piperidine rings is 1. The van der Waals surface area contributed by atoms with Crippen LogP contribution in [0.4, 0.5) is 10.1 Å². The zero-order valence-electron chi connectivity index (χ0n) is 29.0. The largest absolute Gasteiger partial charge is 0.493 e. The van der Waals surface area contributed by atoms with Crippen molar-refractivity contribution in [3.05, 3.63) is 77.6 Å².